The minimum absolute atomic E-state index is 0.00455. The van der Waals surface area contributed by atoms with Gasteiger partial charge in [-0.15, -0.1) is 0 Å². The second-order valence-corrected chi connectivity index (χ2v) is 6.42. The first kappa shape index (κ1) is 17.9. The van der Waals surface area contributed by atoms with E-state index in [-0.39, 0.29) is 12.5 Å². The van der Waals surface area contributed by atoms with Crippen LogP contribution in [0.3, 0.4) is 0 Å². The Morgan fingerprint density at radius 1 is 1.39 bits per heavy atom. The van der Waals surface area contributed by atoms with Gasteiger partial charge in [0, 0.05) is 13.1 Å². The van der Waals surface area contributed by atoms with Crippen molar-refractivity contribution in [2.24, 2.45) is 0 Å². The van der Waals surface area contributed by atoms with Gasteiger partial charge >= 0.3 is 0 Å². The highest BCUT2D eigenvalue weighted by molar-refractivity contribution is 5.79. The van der Waals surface area contributed by atoms with Crippen molar-refractivity contribution in [3.05, 3.63) is 35.9 Å². The largest absolute Gasteiger partial charge is 0.390 e. The number of aliphatic hydroxyl groups excluding tert-OH is 1. The van der Waals surface area contributed by atoms with Crippen molar-refractivity contribution in [1.82, 2.24) is 10.2 Å². The minimum atomic E-state index is -1.27. The van der Waals surface area contributed by atoms with E-state index in [1.165, 1.54) is 0 Å². The fourth-order valence-electron chi connectivity index (χ4n) is 2.94. The molecule has 2 rings (SSSR count). The van der Waals surface area contributed by atoms with Gasteiger partial charge in [-0.1, -0.05) is 43.7 Å². The molecule has 128 valence electrons. The number of unbranched alkanes of at least 4 members (excludes halogenated alkanes) is 1. The Bertz CT molecular complexity index is 494. The van der Waals surface area contributed by atoms with Crippen LogP contribution in [0.25, 0.3) is 0 Å². The first-order valence-electron chi connectivity index (χ1n) is 8.48. The Kier molecular flexibility index (Phi) is 6.57. The molecule has 1 amide bonds. The number of carbonyl (C=O) groups is 1. The number of rotatable bonds is 7. The zero-order valence-corrected chi connectivity index (χ0v) is 13.9. The Morgan fingerprint density at radius 3 is 2.83 bits per heavy atom. The van der Waals surface area contributed by atoms with Gasteiger partial charge in [0.05, 0.1) is 19.1 Å². The van der Waals surface area contributed by atoms with Gasteiger partial charge < -0.3 is 20.4 Å². The summed E-state index contributed by atoms with van der Waals surface area (Å²) in [6.45, 7) is 3.89. The predicted octanol–water partition coefficient (Wildman–Crippen LogP) is 0.943. The number of benzene rings is 1. The number of β-amino-alcohol motifs (C(OH)–C–C–N with tert-alkyl or cyclic N) is 1. The van der Waals surface area contributed by atoms with Crippen molar-refractivity contribution in [1.29, 1.82) is 0 Å². The number of carbonyl (C=O) groups excluding carboxylic acids is 1. The molecule has 0 bridgehead atoms. The van der Waals surface area contributed by atoms with Gasteiger partial charge in [-0.05, 0) is 24.9 Å². The van der Waals surface area contributed by atoms with Crippen LogP contribution in [-0.4, -0.2) is 58.9 Å². The molecule has 5 heteroatoms. The highest BCUT2D eigenvalue weighted by Crippen LogP contribution is 2.22. The molecule has 1 saturated heterocycles. The molecule has 3 N–H and O–H groups in total. The third kappa shape index (κ3) is 5.03. The fraction of sp³-hybridized carbons (Fsp3) is 0.611. The summed E-state index contributed by atoms with van der Waals surface area (Å²) in [5, 5.41) is 24.1. The van der Waals surface area contributed by atoms with Gasteiger partial charge in [-0.3, -0.25) is 4.79 Å². The molecule has 0 radical (unpaired) electrons. The van der Waals surface area contributed by atoms with Crippen LogP contribution in [0.1, 0.15) is 31.7 Å². The zero-order chi connectivity index (χ0) is 16.7. The Labute approximate surface area is 138 Å². The maximum atomic E-state index is 12.5. The SMILES string of the molecule is CCCCNC[C@]1(O)CN(C(=O)Cc2ccccc2)CC[C@H]1O. The summed E-state index contributed by atoms with van der Waals surface area (Å²) in [6, 6.07) is 9.60. The molecule has 23 heavy (non-hydrogen) atoms. The number of nitrogens with zero attached hydrogens (tertiary/aromatic N) is 1. The van der Waals surface area contributed by atoms with Crippen LogP contribution in [0.2, 0.25) is 0 Å². The molecule has 1 aromatic carbocycles. The van der Waals surface area contributed by atoms with Crippen molar-refractivity contribution < 1.29 is 15.0 Å². The van der Waals surface area contributed by atoms with E-state index in [0.717, 1.165) is 24.9 Å². The standard InChI is InChI=1S/C18H28N2O3/c1-2-3-10-19-13-18(23)14-20(11-9-16(18)21)17(22)12-15-7-5-4-6-8-15/h4-8,16,19,21,23H,2-3,9-14H2,1H3/t16-,18+/m1/s1. The number of piperidine rings is 1. The van der Waals surface area contributed by atoms with E-state index < -0.39 is 11.7 Å². The van der Waals surface area contributed by atoms with Gasteiger partial charge in [0.1, 0.15) is 5.60 Å². The van der Waals surface area contributed by atoms with E-state index in [9.17, 15) is 15.0 Å². The van der Waals surface area contributed by atoms with Gasteiger partial charge in [0.15, 0.2) is 0 Å². The number of nitrogens with one attached hydrogen (secondary N) is 1. The molecule has 2 atom stereocenters. The Balaban J connectivity index is 1.91. The Hall–Kier alpha value is -1.43. The maximum Gasteiger partial charge on any atom is 0.227 e. The smallest absolute Gasteiger partial charge is 0.227 e. The molecule has 1 aliphatic heterocycles. The molecular formula is C18H28N2O3. The quantitative estimate of drug-likeness (QED) is 0.654. The highest BCUT2D eigenvalue weighted by atomic mass is 16.3. The van der Waals surface area contributed by atoms with E-state index in [2.05, 4.69) is 12.2 Å². The van der Waals surface area contributed by atoms with Gasteiger partial charge in [-0.2, -0.15) is 0 Å². The first-order chi connectivity index (χ1) is 11.0. The monoisotopic (exact) mass is 320 g/mol. The van der Waals surface area contributed by atoms with Crippen LogP contribution < -0.4 is 5.32 Å². The van der Waals surface area contributed by atoms with Crippen LogP contribution in [0.15, 0.2) is 30.3 Å². The third-order valence-corrected chi connectivity index (χ3v) is 4.45. The molecule has 0 saturated carbocycles. The second-order valence-electron chi connectivity index (χ2n) is 6.42. The average molecular weight is 320 g/mol. The summed E-state index contributed by atoms with van der Waals surface area (Å²) in [4.78, 5) is 14.1. The summed E-state index contributed by atoms with van der Waals surface area (Å²) in [7, 11) is 0. The minimum Gasteiger partial charge on any atom is -0.390 e. The lowest BCUT2D eigenvalue weighted by Gasteiger charge is -2.43. The fourth-order valence-corrected chi connectivity index (χ4v) is 2.94. The van der Waals surface area contributed by atoms with Crippen LogP contribution in [0, 0.1) is 0 Å². The van der Waals surface area contributed by atoms with Crippen LogP contribution in [0.5, 0.6) is 0 Å². The lowest BCUT2D eigenvalue weighted by atomic mass is 9.89. The average Bonchev–Trinajstić information content (AvgIpc) is 2.55. The van der Waals surface area contributed by atoms with E-state index >= 15 is 0 Å². The summed E-state index contributed by atoms with van der Waals surface area (Å²) in [6.07, 6.45) is 2.05. The van der Waals surface area contributed by atoms with E-state index in [0.29, 0.717) is 25.9 Å². The molecule has 1 aromatic rings. The number of amides is 1. The Morgan fingerprint density at radius 2 is 2.13 bits per heavy atom. The number of likely N-dealkylation sites (tertiary alicyclic amines) is 1. The first-order valence-corrected chi connectivity index (χ1v) is 8.48. The molecular weight excluding hydrogens is 292 g/mol. The highest BCUT2D eigenvalue weighted by Gasteiger charge is 2.42. The van der Waals surface area contributed by atoms with Crippen LogP contribution in [-0.2, 0) is 11.2 Å². The molecule has 0 spiro atoms. The van der Waals surface area contributed by atoms with Crippen LogP contribution in [0.4, 0.5) is 0 Å². The van der Waals surface area contributed by atoms with Crippen LogP contribution >= 0.6 is 0 Å². The van der Waals surface area contributed by atoms with Gasteiger partial charge in [0.2, 0.25) is 5.91 Å². The van der Waals surface area contributed by atoms with E-state index in [1.54, 1.807) is 4.90 Å². The molecule has 0 unspecified atom stereocenters. The maximum absolute atomic E-state index is 12.5. The van der Waals surface area contributed by atoms with Crippen molar-refractivity contribution >= 4 is 5.91 Å². The molecule has 1 heterocycles. The molecule has 0 aliphatic carbocycles. The molecule has 1 aliphatic rings. The number of aliphatic hydroxyl groups is 2. The zero-order valence-electron chi connectivity index (χ0n) is 13.9. The molecule has 1 fully saturated rings. The van der Waals surface area contributed by atoms with Gasteiger partial charge in [-0.25, -0.2) is 0 Å². The van der Waals surface area contributed by atoms with Crippen molar-refractivity contribution in [2.75, 3.05) is 26.2 Å². The summed E-state index contributed by atoms with van der Waals surface area (Å²) in [5.74, 6) is -0.00455. The predicted molar refractivity (Wildman–Crippen MR) is 90.1 cm³/mol. The lowest BCUT2D eigenvalue weighted by molar-refractivity contribution is -0.150. The van der Waals surface area contributed by atoms with Crippen molar-refractivity contribution in [3.63, 3.8) is 0 Å². The third-order valence-electron chi connectivity index (χ3n) is 4.45. The van der Waals surface area contributed by atoms with Crippen molar-refractivity contribution in [2.45, 2.75) is 44.3 Å². The normalized spacial score (nSPS) is 24.7. The van der Waals surface area contributed by atoms with E-state index in [4.69, 9.17) is 0 Å². The van der Waals surface area contributed by atoms with E-state index in [1.807, 2.05) is 30.3 Å². The topological polar surface area (TPSA) is 72.8 Å². The summed E-state index contributed by atoms with van der Waals surface area (Å²) >= 11 is 0. The van der Waals surface area contributed by atoms with Crippen molar-refractivity contribution in [3.8, 4) is 0 Å². The summed E-state index contributed by atoms with van der Waals surface area (Å²) < 4.78 is 0. The number of hydrogen-bond acceptors (Lipinski definition) is 4. The van der Waals surface area contributed by atoms with Gasteiger partial charge in [0.25, 0.3) is 0 Å². The molecule has 0 aromatic heterocycles. The second kappa shape index (κ2) is 8.43. The number of hydrogen-bond donors (Lipinski definition) is 3. The molecule has 5 nitrogen and oxygen atoms in total. The summed E-state index contributed by atoms with van der Waals surface area (Å²) in [5.41, 5.74) is -0.300. The lowest BCUT2D eigenvalue weighted by Crippen LogP contribution is -2.62.